The van der Waals surface area contributed by atoms with E-state index in [2.05, 4.69) is 72.5 Å². The van der Waals surface area contributed by atoms with Crippen LogP contribution in [0.2, 0.25) is 0 Å². The van der Waals surface area contributed by atoms with Gasteiger partial charge in [0.2, 0.25) is 0 Å². The second-order valence-corrected chi connectivity index (χ2v) is 8.70. The first-order valence-electron chi connectivity index (χ1n) is 10.4. The SMILES string of the molecule is CCNC(=NCCc1sc(C)nc1C)NC(C)c1cccc(N2CCCC2)c1.I. The number of thiazole rings is 1. The van der Waals surface area contributed by atoms with Gasteiger partial charge in [-0.3, -0.25) is 4.99 Å². The van der Waals surface area contributed by atoms with Gasteiger partial charge in [0.1, 0.15) is 0 Å². The van der Waals surface area contributed by atoms with Gasteiger partial charge in [-0.15, -0.1) is 35.3 Å². The second kappa shape index (κ2) is 11.7. The number of aryl methyl sites for hydroxylation is 2. The van der Waals surface area contributed by atoms with Gasteiger partial charge in [-0.05, 0) is 58.2 Å². The molecule has 29 heavy (non-hydrogen) atoms. The molecular formula is C22H34IN5S. The highest BCUT2D eigenvalue weighted by Gasteiger charge is 2.14. The summed E-state index contributed by atoms with van der Waals surface area (Å²) in [6.45, 7) is 12.4. The largest absolute Gasteiger partial charge is 0.372 e. The summed E-state index contributed by atoms with van der Waals surface area (Å²) < 4.78 is 0. The third-order valence-electron chi connectivity index (χ3n) is 5.15. The van der Waals surface area contributed by atoms with Gasteiger partial charge in [0.25, 0.3) is 0 Å². The highest BCUT2D eigenvalue weighted by atomic mass is 127. The van der Waals surface area contributed by atoms with Crippen molar-refractivity contribution in [3.05, 3.63) is 45.4 Å². The van der Waals surface area contributed by atoms with Crippen molar-refractivity contribution in [1.82, 2.24) is 15.6 Å². The molecule has 1 atom stereocenters. The molecule has 1 unspecified atom stereocenters. The Morgan fingerprint density at radius 1 is 1.28 bits per heavy atom. The van der Waals surface area contributed by atoms with E-state index >= 15 is 0 Å². The Balaban J connectivity index is 0.00000300. The van der Waals surface area contributed by atoms with Crippen LogP contribution in [0.15, 0.2) is 29.3 Å². The summed E-state index contributed by atoms with van der Waals surface area (Å²) in [6.07, 6.45) is 3.54. The standard InChI is InChI=1S/C22H33N5S.HI/c1-5-23-22(24-12-11-21-17(3)25-18(4)28-21)26-16(2)19-9-8-10-20(15-19)27-13-6-7-14-27;/h8-10,15-16H,5-7,11-14H2,1-4H3,(H2,23,24,26);1H. The molecule has 3 rings (SSSR count). The monoisotopic (exact) mass is 527 g/mol. The van der Waals surface area contributed by atoms with E-state index in [-0.39, 0.29) is 30.0 Å². The Morgan fingerprint density at radius 2 is 2.03 bits per heavy atom. The summed E-state index contributed by atoms with van der Waals surface area (Å²) in [7, 11) is 0. The Bertz CT molecular complexity index is 798. The molecule has 5 nitrogen and oxygen atoms in total. The number of rotatable bonds is 7. The van der Waals surface area contributed by atoms with E-state index in [9.17, 15) is 0 Å². The zero-order valence-electron chi connectivity index (χ0n) is 18.0. The second-order valence-electron chi connectivity index (χ2n) is 7.41. The quantitative estimate of drug-likeness (QED) is 0.308. The fourth-order valence-corrected chi connectivity index (χ4v) is 4.58. The summed E-state index contributed by atoms with van der Waals surface area (Å²) in [5, 5.41) is 8.07. The number of anilines is 1. The molecule has 1 aliphatic rings. The number of halogens is 1. The van der Waals surface area contributed by atoms with Crippen LogP contribution in [0, 0.1) is 13.8 Å². The number of benzene rings is 1. The minimum Gasteiger partial charge on any atom is -0.372 e. The summed E-state index contributed by atoms with van der Waals surface area (Å²) in [5.74, 6) is 0.875. The number of nitrogens with one attached hydrogen (secondary N) is 2. The highest BCUT2D eigenvalue weighted by molar-refractivity contribution is 14.0. The van der Waals surface area contributed by atoms with Crippen LogP contribution >= 0.6 is 35.3 Å². The van der Waals surface area contributed by atoms with Crippen molar-refractivity contribution in [1.29, 1.82) is 0 Å². The van der Waals surface area contributed by atoms with Gasteiger partial charge < -0.3 is 15.5 Å². The maximum atomic E-state index is 4.79. The fourth-order valence-electron chi connectivity index (χ4n) is 3.65. The van der Waals surface area contributed by atoms with Crippen molar-refractivity contribution in [2.75, 3.05) is 31.1 Å². The lowest BCUT2D eigenvalue weighted by Gasteiger charge is -2.22. The average Bonchev–Trinajstić information content (AvgIpc) is 3.32. The minimum absolute atomic E-state index is 0. The maximum absolute atomic E-state index is 4.79. The number of nitrogens with zero attached hydrogens (tertiary/aromatic N) is 3. The van der Waals surface area contributed by atoms with Crippen molar-refractivity contribution in [2.24, 2.45) is 4.99 Å². The van der Waals surface area contributed by atoms with Crippen molar-refractivity contribution >= 4 is 47.0 Å². The van der Waals surface area contributed by atoms with Gasteiger partial charge in [-0.25, -0.2) is 4.98 Å². The van der Waals surface area contributed by atoms with Crippen molar-refractivity contribution < 1.29 is 0 Å². The fraction of sp³-hybridized carbons (Fsp3) is 0.545. The van der Waals surface area contributed by atoms with Crippen molar-refractivity contribution in [3.8, 4) is 0 Å². The molecule has 0 saturated carbocycles. The zero-order valence-corrected chi connectivity index (χ0v) is 21.1. The lowest BCUT2D eigenvalue weighted by Crippen LogP contribution is -2.39. The van der Waals surface area contributed by atoms with Gasteiger partial charge in [0.15, 0.2) is 5.96 Å². The van der Waals surface area contributed by atoms with Gasteiger partial charge in [-0.1, -0.05) is 12.1 Å². The number of hydrogen-bond acceptors (Lipinski definition) is 4. The van der Waals surface area contributed by atoms with E-state index in [1.807, 2.05) is 0 Å². The van der Waals surface area contributed by atoms with Gasteiger partial charge in [0, 0.05) is 43.2 Å². The first kappa shape index (κ1) is 23.9. The van der Waals surface area contributed by atoms with Crippen LogP contribution in [-0.2, 0) is 6.42 Å². The summed E-state index contributed by atoms with van der Waals surface area (Å²) in [4.78, 5) is 13.1. The molecule has 7 heteroatoms. The Labute approximate surface area is 196 Å². The van der Waals surface area contributed by atoms with Gasteiger partial charge in [-0.2, -0.15) is 0 Å². The molecule has 1 aliphatic heterocycles. The molecule has 160 valence electrons. The minimum atomic E-state index is 0. The van der Waals surface area contributed by atoms with Gasteiger partial charge >= 0.3 is 0 Å². The lowest BCUT2D eigenvalue weighted by atomic mass is 10.1. The highest BCUT2D eigenvalue weighted by Crippen LogP contribution is 2.24. The summed E-state index contributed by atoms with van der Waals surface area (Å²) >= 11 is 1.78. The van der Waals surface area contributed by atoms with Crippen molar-refractivity contribution in [2.45, 2.75) is 53.0 Å². The Kier molecular flexibility index (Phi) is 9.68. The smallest absolute Gasteiger partial charge is 0.191 e. The van der Waals surface area contributed by atoms with Crippen LogP contribution in [0.1, 0.15) is 53.9 Å². The molecule has 0 bridgehead atoms. The number of aromatic nitrogens is 1. The molecule has 2 heterocycles. The Hall–Kier alpha value is -1.35. The predicted molar refractivity (Wildman–Crippen MR) is 136 cm³/mol. The molecule has 0 aliphatic carbocycles. The summed E-state index contributed by atoms with van der Waals surface area (Å²) in [5.41, 5.74) is 3.77. The number of aliphatic imine (C=N–C) groups is 1. The molecule has 2 N–H and O–H groups in total. The molecule has 1 fully saturated rings. The molecule has 0 radical (unpaired) electrons. The van der Waals surface area contributed by atoms with E-state index in [1.54, 1.807) is 11.3 Å². The molecule has 0 amide bonds. The van der Waals surface area contributed by atoms with Crippen molar-refractivity contribution in [3.63, 3.8) is 0 Å². The topological polar surface area (TPSA) is 52.6 Å². The average molecular weight is 528 g/mol. The van der Waals surface area contributed by atoms with Crippen LogP contribution in [0.3, 0.4) is 0 Å². The van der Waals surface area contributed by atoms with Crippen LogP contribution < -0.4 is 15.5 Å². The first-order chi connectivity index (χ1) is 13.6. The van der Waals surface area contributed by atoms with Gasteiger partial charge in [0.05, 0.1) is 16.7 Å². The molecule has 0 spiro atoms. The van der Waals surface area contributed by atoms with E-state index < -0.39 is 0 Å². The van der Waals surface area contributed by atoms with Crippen LogP contribution in [0.25, 0.3) is 0 Å². The third-order valence-corrected chi connectivity index (χ3v) is 6.28. The molecule has 1 aromatic heterocycles. The maximum Gasteiger partial charge on any atom is 0.191 e. The predicted octanol–water partition coefficient (Wildman–Crippen LogP) is 4.84. The van der Waals surface area contributed by atoms with Crippen LogP contribution in [-0.4, -0.2) is 37.1 Å². The van der Waals surface area contributed by atoms with E-state index in [0.29, 0.717) is 0 Å². The van der Waals surface area contributed by atoms with E-state index in [0.717, 1.165) is 36.2 Å². The molecular weight excluding hydrogens is 493 g/mol. The molecule has 1 saturated heterocycles. The summed E-state index contributed by atoms with van der Waals surface area (Å²) in [6, 6.07) is 9.10. The van der Waals surface area contributed by atoms with E-state index in [4.69, 9.17) is 4.99 Å². The van der Waals surface area contributed by atoms with E-state index in [1.165, 1.54) is 42.1 Å². The van der Waals surface area contributed by atoms with Crippen LogP contribution in [0.5, 0.6) is 0 Å². The first-order valence-corrected chi connectivity index (χ1v) is 11.2. The third kappa shape index (κ3) is 6.84. The number of guanidine groups is 1. The molecule has 2 aromatic rings. The lowest BCUT2D eigenvalue weighted by molar-refractivity contribution is 0.686. The zero-order chi connectivity index (χ0) is 19.9. The van der Waals surface area contributed by atoms with Crippen LogP contribution in [0.4, 0.5) is 5.69 Å². The normalized spacial score (nSPS) is 15.2. The molecule has 1 aromatic carbocycles. The number of hydrogen-bond donors (Lipinski definition) is 2. The Morgan fingerprint density at radius 3 is 2.69 bits per heavy atom.